The van der Waals surface area contributed by atoms with Crippen molar-refractivity contribution in [3.63, 3.8) is 0 Å². The summed E-state index contributed by atoms with van der Waals surface area (Å²) in [6.07, 6.45) is 8.78. The molecule has 0 aliphatic heterocycles. The van der Waals surface area contributed by atoms with Crippen LogP contribution in [0.25, 0.3) is 0 Å². The van der Waals surface area contributed by atoms with Gasteiger partial charge in [0, 0.05) is 11.7 Å². The van der Waals surface area contributed by atoms with Crippen LogP contribution in [0.15, 0.2) is 18.2 Å². The second-order valence-corrected chi connectivity index (χ2v) is 7.77. The number of nitrogens with one attached hydrogen (secondary N) is 2. The Morgan fingerprint density at radius 1 is 1.04 bits per heavy atom. The zero-order valence-corrected chi connectivity index (χ0v) is 16.6. The summed E-state index contributed by atoms with van der Waals surface area (Å²) in [5, 5.41) is 7.93. The molecule has 2 N–H and O–H groups in total. The van der Waals surface area contributed by atoms with Crippen LogP contribution in [-0.4, -0.2) is 11.2 Å². The maximum Gasteiger partial charge on any atom is 0.171 e. The predicted octanol–water partition coefficient (Wildman–Crippen LogP) is 6.33. The topological polar surface area (TPSA) is 24.1 Å². The molecule has 1 aromatic rings. The summed E-state index contributed by atoms with van der Waals surface area (Å²) >= 11 is 5.66. The number of hydrogen-bond donors (Lipinski definition) is 2. The van der Waals surface area contributed by atoms with E-state index < -0.39 is 0 Å². The molecule has 0 heterocycles. The largest absolute Gasteiger partial charge is 0.360 e. The number of para-hydroxylation sites is 1. The molecule has 1 fully saturated rings. The second kappa shape index (κ2) is 9.41. The van der Waals surface area contributed by atoms with Gasteiger partial charge < -0.3 is 10.6 Å². The monoisotopic (exact) mass is 346 g/mol. The molecule has 134 valence electrons. The molecule has 1 aromatic carbocycles. The Labute approximate surface area is 153 Å². The first-order valence-electron chi connectivity index (χ1n) is 9.77. The van der Waals surface area contributed by atoms with Crippen molar-refractivity contribution in [3.05, 3.63) is 29.3 Å². The highest BCUT2D eigenvalue weighted by Gasteiger charge is 2.19. The summed E-state index contributed by atoms with van der Waals surface area (Å²) < 4.78 is 0. The maximum atomic E-state index is 5.66. The Bertz CT molecular complexity index is 506. The third-order valence-corrected chi connectivity index (χ3v) is 5.81. The molecule has 0 radical (unpaired) electrons. The third kappa shape index (κ3) is 4.95. The molecule has 0 amide bonds. The van der Waals surface area contributed by atoms with Gasteiger partial charge in [-0.05, 0) is 60.9 Å². The standard InChI is InChI=1S/C21H34N2S/c1-5-15(3)18-13-10-14-19(16(4)6-2)20(18)23-21(24)22-17-11-8-7-9-12-17/h10,13-17H,5-9,11-12H2,1-4H3,(H2,22,23,24). The van der Waals surface area contributed by atoms with Crippen LogP contribution in [0, 0.1) is 0 Å². The van der Waals surface area contributed by atoms with Gasteiger partial charge >= 0.3 is 0 Å². The van der Waals surface area contributed by atoms with Crippen LogP contribution < -0.4 is 10.6 Å². The number of thiocarbonyl (C=S) groups is 1. The Morgan fingerprint density at radius 3 is 2.08 bits per heavy atom. The molecule has 24 heavy (non-hydrogen) atoms. The SMILES string of the molecule is CCC(C)c1cccc(C(C)CC)c1NC(=S)NC1CCCCC1. The molecular weight excluding hydrogens is 312 g/mol. The van der Waals surface area contributed by atoms with E-state index in [1.165, 1.54) is 48.9 Å². The van der Waals surface area contributed by atoms with Crippen molar-refractivity contribution < 1.29 is 0 Å². The lowest BCUT2D eigenvalue weighted by Gasteiger charge is -2.27. The van der Waals surface area contributed by atoms with Crippen molar-refractivity contribution in [1.82, 2.24) is 5.32 Å². The van der Waals surface area contributed by atoms with Crippen LogP contribution in [0.1, 0.15) is 95.6 Å². The Morgan fingerprint density at radius 2 is 1.58 bits per heavy atom. The van der Waals surface area contributed by atoms with Gasteiger partial charge in [0.15, 0.2) is 5.11 Å². The predicted molar refractivity (Wildman–Crippen MR) is 110 cm³/mol. The lowest BCUT2D eigenvalue weighted by Crippen LogP contribution is -2.39. The molecule has 0 saturated heterocycles. The fraction of sp³-hybridized carbons (Fsp3) is 0.667. The van der Waals surface area contributed by atoms with Crippen molar-refractivity contribution in [1.29, 1.82) is 0 Å². The van der Waals surface area contributed by atoms with Crippen molar-refractivity contribution in [2.45, 2.75) is 90.5 Å². The fourth-order valence-corrected chi connectivity index (χ4v) is 3.84. The molecule has 2 unspecified atom stereocenters. The van der Waals surface area contributed by atoms with Gasteiger partial charge in [-0.15, -0.1) is 0 Å². The zero-order valence-electron chi connectivity index (χ0n) is 15.8. The Balaban J connectivity index is 2.20. The minimum Gasteiger partial charge on any atom is -0.360 e. The Kier molecular flexibility index (Phi) is 7.54. The van der Waals surface area contributed by atoms with Gasteiger partial charge in [0.1, 0.15) is 0 Å². The van der Waals surface area contributed by atoms with E-state index in [0.29, 0.717) is 17.9 Å². The minimum absolute atomic E-state index is 0.536. The van der Waals surface area contributed by atoms with Crippen LogP contribution in [0.2, 0.25) is 0 Å². The molecule has 2 atom stereocenters. The fourth-order valence-electron chi connectivity index (χ4n) is 3.58. The smallest absolute Gasteiger partial charge is 0.171 e. The molecule has 1 aliphatic carbocycles. The lowest BCUT2D eigenvalue weighted by atomic mass is 9.89. The van der Waals surface area contributed by atoms with Gasteiger partial charge in [0.05, 0.1) is 0 Å². The highest BCUT2D eigenvalue weighted by molar-refractivity contribution is 7.80. The van der Waals surface area contributed by atoms with E-state index in [0.717, 1.165) is 18.0 Å². The number of rotatable bonds is 6. The summed E-state index contributed by atoms with van der Waals surface area (Å²) in [5.74, 6) is 1.07. The molecule has 3 heteroatoms. The normalized spacial score (nSPS) is 18.0. The third-order valence-electron chi connectivity index (χ3n) is 5.59. The van der Waals surface area contributed by atoms with Crippen LogP contribution in [0.5, 0.6) is 0 Å². The van der Waals surface area contributed by atoms with E-state index in [9.17, 15) is 0 Å². The average Bonchev–Trinajstić information content (AvgIpc) is 2.61. The van der Waals surface area contributed by atoms with E-state index in [1.807, 2.05) is 0 Å². The molecule has 0 spiro atoms. The summed E-state index contributed by atoms with van der Waals surface area (Å²) in [4.78, 5) is 0. The van der Waals surface area contributed by atoms with Gasteiger partial charge in [-0.25, -0.2) is 0 Å². The van der Waals surface area contributed by atoms with Gasteiger partial charge in [-0.2, -0.15) is 0 Å². The zero-order chi connectivity index (χ0) is 17.5. The number of benzene rings is 1. The molecule has 0 aromatic heterocycles. The van der Waals surface area contributed by atoms with E-state index in [1.54, 1.807) is 0 Å². The van der Waals surface area contributed by atoms with Crippen molar-refractivity contribution in [2.75, 3.05) is 5.32 Å². The van der Waals surface area contributed by atoms with E-state index >= 15 is 0 Å². The second-order valence-electron chi connectivity index (χ2n) is 7.36. The molecule has 2 nitrogen and oxygen atoms in total. The summed E-state index contributed by atoms with van der Waals surface area (Å²) in [6, 6.07) is 7.25. The van der Waals surface area contributed by atoms with Crippen molar-refractivity contribution >= 4 is 23.0 Å². The first-order chi connectivity index (χ1) is 11.6. The summed E-state index contributed by atoms with van der Waals surface area (Å²) in [7, 11) is 0. The Hall–Kier alpha value is -1.09. The lowest BCUT2D eigenvalue weighted by molar-refractivity contribution is 0.415. The number of anilines is 1. The quantitative estimate of drug-likeness (QED) is 0.588. The van der Waals surface area contributed by atoms with E-state index in [2.05, 4.69) is 56.5 Å². The van der Waals surface area contributed by atoms with Crippen LogP contribution in [0.4, 0.5) is 5.69 Å². The average molecular weight is 347 g/mol. The van der Waals surface area contributed by atoms with E-state index in [-0.39, 0.29) is 0 Å². The maximum absolute atomic E-state index is 5.66. The van der Waals surface area contributed by atoms with Crippen LogP contribution >= 0.6 is 12.2 Å². The molecule has 1 aliphatic rings. The van der Waals surface area contributed by atoms with Crippen molar-refractivity contribution in [3.8, 4) is 0 Å². The first kappa shape index (κ1) is 19.2. The van der Waals surface area contributed by atoms with Gasteiger partial charge in [-0.3, -0.25) is 0 Å². The molecule has 2 rings (SSSR count). The summed E-state index contributed by atoms with van der Waals surface area (Å²) in [5.41, 5.74) is 4.03. The number of hydrogen-bond acceptors (Lipinski definition) is 1. The van der Waals surface area contributed by atoms with Gasteiger partial charge in [0.25, 0.3) is 0 Å². The highest BCUT2D eigenvalue weighted by Crippen LogP contribution is 2.35. The minimum atomic E-state index is 0.536. The molecule has 1 saturated carbocycles. The van der Waals surface area contributed by atoms with Crippen molar-refractivity contribution in [2.24, 2.45) is 0 Å². The summed E-state index contributed by atoms with van der Waals surface area (Å²) in [6.45, 7) is 9.11. The van der Waals surface area contributed by atoms with Crippen LogP contribution in [-0.2, 0) is 0 Å². The van der Waals surface area contributed by atoms with Gasteiger partial charge in [0.2, 0.25) is 0 Å². The van der Waals surface area contributed by atoms with Gasteiger partial charge in [-0.1, -0.05) is 65.2 Å². The highest BCUT2D eigenvalue weighted by atomic mass is 32.1. The first-order valence-corrected chi connectivity index (χ1v) is 10.2. The molecule has 0 bridgehead atoms. The van der Waals surface area contributed by atoms with E-state index in [4.69, 9.17) is 12.2 Å². The molecular formula is C21H34N2S. The van der Waals surface area contributed by atoms with Crippen LogP contribution in [0.3, 0.4) is 0 Å².